The first-order chi connectivity index (χ1) is 12.1. The number of piperazine rings is 1. The highest BCUT2D eigenvalue weighted by Gasteiger charge is 2.37. The molecule has 0 aliphatic carbocycles. The number of carbonyl (C=O) groups is 3. The first-order valence-electron chi connectivity index (χ1n) is 8.37. The summed E-state index contributed by atoms with van der Waals surface area (Å²) in [6, 6.07) is 5.00. The topological polar surface area (TPSA) is 83.0 Å². The van der Waals surface area contributed by atoms with E-state index in [1.165, 1.54) is 9.80 Å². The zero-order valence-electron chi connectivity index (χ0n) is 14.7. The second-order valence-corrected chi connectivity index (χ2v) is 5.71. The van der Waals surface area contributed by atoms with Gasteiger partial charge in [0.05, 0.1) is 12.2 Å². The molecule has 1 aromatic heterocycles. The number of rotatable bonds is 7. The minimum absolute atomic E-state index is 0.209. The van der Waals surface area contributed by atoms with E-state index in [9.17, 15) is 14.4 Å². The van der Waals surface area contributed by atoms with Gasteiger partial charge >= 0.3 is 17.8 Å². The zero-order valence-corrected chi connectivity index (χ0v) is 14.7. The lowest BCUT2D eigenvalue weighted by Crippen LogP contribution is -2.58. The van der Waals surface area contributed by atoms with Gasteiger partial charge in [0, 0.05) is 46.1 Å². The molecular formula is C17H24N4O4. The molecule has 0 atom stereocenters. The largest absolute Gasteiger partial charge is 0.385 e. The standard InChI is InChI=1S/C17H24N4O4/c1-3-19-10-11-21(16(23)15(19)22)17(24)20(9-6-12-25-2)13-14-7-4-5-8-18-14/h4-5,7-8H,3,6,9-13H2,1-2H3. The first-order valence-corrected chi connectivity index (χ1v) is 8.37. The van der Waals surface area contributed by atoms with Crippen molar-refractivity contribution < 1.29 is 19.1 Å². The predicted octanol–water partition coefficient (Wildman–Crippen LogP) is 0.731. The van der Waals surface area contributed by atoms with E-state index in [0.717, 1.165) is 10.6 Å². The second-order valence-electron chi connectivity index (χ2n) is 5.71. The summed E-state index contributed by atoms with van der Waals surface area (Å²) in [4.78, 5) is 45.4. The van der Waals surface area contributed by atoms with Gasteiger partial charge in [-0.2, -0.15) is 0 Å². The molecule has 136 valence electrons. The highest BCUT2D eigenvalue weighted by molar-refractivity contribution is 6.38. The molecule has 25 heavy (non-hydrogen) atoms. The molecule has 0 unspecified atom stereocenters. The lowest BCUT2D eigenvalue weighted by Gasteiger charge is -2.35. The number of ether oxygens (including phenoxy) is 1. The number of hydrogen-bond acceptors (Lipinski definition) is 5. The summed E-state index contributed by atoms with van der Waals surface area (Å²) in [7, 11) is 1.59. The van der Waals surface area contributed by atoms with E-state index in [-0.39, 0.29) is 13.1 Å². The van der Waals surface area contributed by atoms with Crippen LogP contribution in [0, 0.1) is 0 Å². The highest BCUT2D eigenvalue weighted by atomic mass is 16.5. The third kappa shape index (κ3) is 4.76. The smallest absolute Gasteiger partial charge is 0.327 e. The zero-order chi connectivity index (χ0) is 18.2. The van der Waals surface area contributed by atoms with Crippen molar-refractivity contribution in [3.8, 4) is 0 Å². The third-order valence-corrected chi connectivity index (χ3v) is 4.05. The molecule has 2 heterocycles. The minimum atomic E-state index is -0.768. The van der Waals surface area contributed by atoms with Crippen LogP contribution in [-0.4, -0.2) is 77.4 Å². The highest BCUT2D eigenvalue weighted by Crippen LogP contribution is 2.11. The number of pyridine rings is 1. The fraction of sp³-hybridized carbons (Fsp3) is 0.529. The molecule has 0 saturated carbocycles. The number of aromatic nitrogens is 1. The fourth-order valence-electron chi connectivity index (χ4n) is 2.66. The molecule has 0 aromatic carbocycles. The van der Waals surface area contributed by atoms with Crippen LogP contribution in [0.15, 0.2) is 24.4 Å². The number of urea groups is 1. The maximum Gasteiger partial charge on any atom is 0.327 e. The molecule has 0 N–H and O–H groups in total. The van der Waals surface area contributed by atoms with E-state index < -0.39 is 17.8 Å². The molecule has 4 amide bonds. The molecule has 8 heteroatoms. The van der Waals surface area contributed by atoms with Crippen molar-refractivity contribution in [3.63, 3.8) is 0 Å². The van der Waals surface area contributed by atoms with Crippen molar-refractivity contribution in [2.24, 2.45) is 0 Å². The lowest BCUT2D eigenvalue weighted by atomic mass is 10.2. The third-order valence-electron chi connectivity index (χ3n) is 4.05. The van der Waals surface area contributed by atoms with Gasteiger partial charge in [0.2, 0.25) is 0 Å². The van der Waals surface area contributed by atoms with Gasteiger partial charge in [-0.05, 0) is 25.5 Å². The van der Waals surface area contributed by atoms with Gasteiger partial charge in [0.25, 0.3) is 0 Å². The molecule has 1 aliphatic heterocycles. The average Bonchev–Trinajstić information content (AvgIpc) is 2.63. The number of imide groups is 1. The molecule has 0 radical (unpaired) electrons. The Morgan fingerprint density at radius 2 is 2.08 bits per heavy atom. The van der Waals surface area contributed by atoms with Gasteiger partial charge in [0.15, 0.2) is 0 Å². The van der Waals surface area contributed by atoms with Crippen molar-refractivity contribution in [3.05, 3.63) is 30.1 Å². The number of carbonyl (C=O) groups excluding carboxylic acids is 3. The number of amides is 4. The molecule has 1 aromatic rings. The van der Waals surface area contributed by atoms with E-state index in [0.29, 0.717) is 32.7 Å². The Hall–Kier alpha value is -2.48. The SMILES string of the molecule is CCN1CCN(C(=O)N(CCCOC)Cc2ccccn2)C(=O)C1=O. The van der Waals surface area contributed by atoms with Crippen LogP contribution < -0.4 is 0 Å². The number of methoxy groups -OCH3 is 1. The fourth-order valence-corrected chi connectivity index (χ4v) is 2.66. The summed E-state index contributed by atoms with van der Waals surface area (Å²) >= 11 is 0. The summed E-state index contributed by atoms with van der Waals surface area (Å²) in [5.41, 5.74) is 0.722. The molecule has 1 fully saturated rings. The molecule has 0 spiro atoms. The van der Waals surface area contributed by atoms with Gasteiger partial charge < -0.3 is 14.5 Å². The van der Waals surface area contributed by atoms with Gasteiger partial charge in [-0.1, -0.05) is 6.07 Å². The van der Waals surface area contributed by atoms with Crippen molar-refractivity contribution in [2.45, 2.75) is 19.9 Å². The lowest BCUT2D eigenvalue weighted by molar-refractivity contribution is -0.153. The number of hydrogen-bond donors (Lipinski definition) is 0. The minimum Gasteiger partial charge on any atom is -0.385 e. The van der Waals surface area contributed by atoms with Crippen molar-refractivity contribution in [1.29, 1.82) is 0 Å². The Kier molecular flexibility index (Phi) is 6.88. The maximum absolute atomic E-state index is 12.8. The van der Waals surface area contributed by atoms with Crippen LogP contribution in [-0.2, 0) is 20.9 Å². The summed E-state index contributed by atoms with van der Waals surface area (Å²) < 4.78 is 5.04. The van der Waals surface area contributed by atoms with Crippen LogP contribution in [0.4, 0.5) is 4.79 Å². The second kappa shape index (κ2) is 9.12. The molecule has 1 aliphatic rings. The van der Waals surface area contributed by atoms with E-state index in [4.69, 9.17) is 4.74 Å². The molecule has 2 rings (SSSR count). The van der Waals surface area contributed by atoms with Crippen LogP contribution in [0.1, 0.15) is 19.0 Å². The first kappa shape index (κ1) is 18.9. The van der Waals surface area contributed by atoms with E-state index in [1.807, 2.05) is 12.1 Å². The Bertz CT molecular complexity index is 608. The summed E-state index contributed by atoms with van der Waals surface area (Å²) in [5, 5.41) is 0. The van der Waals surface area contributed by atoms with Gasteiger partial charge in [-0.25, -0.2) is 4.79 Å². The summed E-state index contributed by atoms with van der Waals surface area (Å²) in [5.74, 6) is -1.40. The quantitative estimate of drug-likeness (QED) is 0.536. The van der Waals surface area contributed by atoms with Crippen molar-refractivity contribution in [1.82, 2.24) is 19.7 Å². The van der Waals surface area contributed by atoms with Gasteiger partial charge in [-0.15, -0.1) is 0 Å². The van der Waals surface area contributed by atoms with Crippen LogP contribution in [0.5, 0.6) is 0 Å². The summed E-state index contributed by atoms with van der Waals surface area (Å²) in [6.07, 6.45) is 2.29. The van der Waals surface area contributed by atoms with Crippen molar-refractivity contribution >= 4 is 17.8 Å². The van der Waals surface area contributed by atoms with Crippen LogP contribution in [0.3, 0.4) is 0 Å². The molecule has 8 nitrogen and oxygen atoms in total. The summed E-state index contributed by atoms with van der Waals surface area (Å²) in [6.45, 7) is 4.03. The number of nitrogens with zero attached hydrogens (tertiary/aromatic N) is 4. The monoisotopic (exact) mass is 348 g/mol. The Labute approximate surface area is 147 Å². The van der Waals surface area contributed by atoms with Crippen LogP contribution in [0.2, 0.25) is 0 Å². The Morgan fingerprint density at radius 3 is 2.72 bits per heavy atom. The Balaban J connectivity index is 2.11. The van der Waals surface area contributed by atoms with E-state index >= 15 is 0 Å². The van der Waals surface area contributed by atoms with Gasteiger partial charge in [0.1, 0.15) is 0 Å². The Morgan fingerprint density at radius 1 is 1.28 bits per heavy atom. The maximum atomic E-state index is 12.8. The predicted molar refractivity (Wildman–Crippen MR) is 90.5 cm³/mol. The average molecular weight is 348 g/mol. The van der Waals surface area contributed by atoms with Crippen molar-refractivity contribution in [2.75, 3.05) is 39.9 Å². The van der Waals surface area contributed by atoms with Crippen LogP contribution >= 0.6 is 0 Å². The van der Waals surface area contributed by atoms with Gasteiger partial charge in [-0.3, -0.25) is 19.5 Å². The van der Waals surface area contributed by atoms with E-state index in [1.54, 1.807) is 26.3 Å². The van der Waals surface area contributed by atoms with E-state index in [2.05, 4.69) is 4.98 Å². The number of likely N-dealkylation sites (N-methyl/N-ethyl adjacent to an activating group) is 1. The normalized spacial score (nSPS) is 14.8. The van der Waals surface area contributed by atoms with Crippen LogP contribution in [0.25, 0.3) is 0 Å². The molecule has 1 saturated heterocycles. The molecular weight excluding hydrogens is 324 g/mol. The molecule has 0 bridgehead atoms.